The molecule has 0 unspecified atom stereocenters. The van der Waals surface area contributed by atoms with Crippen LogP contribution in [0.5, 0.6) is 0 Å². The van der Waals surface area contributed by atoms with Gasteiger partial charge in [-0.3, -0.25) is 9.59 Å². The second-order valence-electron chi connectivity index (χ2n) is 5.81. The Morgan fingerprint density at radius 2 is 2.00 bits per heavy atom. The van der Waals surface area contributed by atoms with Gasteiger partial charge < -0.3 is 10.4 Å². The van der Waals surface area contributed by atoms with E-state index in [0.717, 1.165) is 24.8 Å². The summed E-state index contributed by atoms with van der Waals surface area (Å²) in [6.45, 7) is 0.507. The van der Waals surface area contributed by atoms with Crippen LogP contribution in [0, 0.1) is 5.41 Å². The molecule has 4 nitrogen and oxygen atoms in total. The van der Waals surface area contributed by atoms with E-state index < -0.39 is 11.4 Å². The first-order valence-corrected chi connectivity index (χ1v) is 8.13. The Morgan fingerprint density at radius 3 is 2.55 bits per heavy atom. The summed E-state index contributed by atoms with van der Waals surface area (Å²) in [6.07, 6.45) is 3.62. The molecule has 1 aliphatic rings. The maximum absolute atomic E-state index is 11.9. The van der Waals surface area contributed by atoms with Crippen LogP contribution in [0.2, 0.25) is 10.0 Å². The lowest BCUT2D eigenvalue weighted by atomic mass is 9.66. The van der Waals surface area contributed by atoms with Crippen molar-refractivity contribution >= 4 is 35.1 Å². The summed E-state index contributed by atoms with van der Waals surface area (Å²) in [5.41, 5.74) is 0.158. The van der Waals surface area contributed by atoms with Crippen molar-refractivity contribution in [2.75, 3.05) is 6.54 Å². The third-order valence-corrected chi connectivity index (χ3v) is 4.81. The number of carbonyl (C=O) groups is 2. The lowest BCUT2D eigenvalue weighted by Gasteiger charge is -2.36. The molecule has 1 aliphatic carbocycles. The maximum atomic E-state index is 11.9. The molecular weight excluding hydrogens is 325 g/mol. The zero-order valence-electron chi connectivity index (χ0n) is 12.2. The van der Waals surface area contributed by atoms with E-state index in [1.54, 1.807) is 12.1 Å². The second-order valence-corrected chi connectivity index (χ2v) is 6.65. The molecule has 22 heavy (non-hydrogen) atoms. The molecule has 0 radical (unpaired) electrons. The van der Waals surface area contributed by atoms with E-state index in [0.29, 0.717) is 29.4 Å². The SMILES string of the molecule is O=C(CC1(C(=O)O)CCC1)NCCCc1ccc(Cl)cc1Cl. The van der Waals surface area contributed by atoms with Crippen molar-refractivity contribution in [3.8, 4) is 0 Å². The highest BCUT2D eigenvalue weighted by Crippen LogP contribution is 2.44. The molecule has 0 aromatic heterocycles. The number of halogens is 2. The van der Waals surface area contributed by atoms with Crippen molar-refractivity contribution in [2.45, 2.75) is 38.5 Å². The van der Waals surface area contributed by atoms with E-state index in [4.69, 9.17) is 23.2 Å². The van der Waals surface area contributed by atoms with Crippen molar-refractivity contribution < 1.29 is 14.7 Å². The molecule has 0 bridgehead atoms. The Bertz CT molecular complexity index is 571. The predicted octanol–water partition coefficient (Wildman–Crippen LogP) is 3.69. The lowest BCUT2D eigenvalue weighted by molar-refractivity contribution is -0.157. The molecule has 6 heteroatoms. The molecule has 1 amide bonds. The van der Waals surface area contributed by atoms with E-state index in [1.165, 1.54) is 0 Å². The standard InChI is InChI=1S/C16H19Cl2NO3/c17-12-5-4-11(13(18)9-12)3-1-8-19-14(20)10-16(15(21)22)6-2-7-16/h4-5,9H,1-3,6-8,10H2,(H,19,20)(H,21,22). The summed E-state index contributed by atoms with van der Waals surface area (Å²) in [5.74, 6) is -1.05. The topological polar surface area (TPSA) is 66.4 Å². The minimum atomic E-state index is -0.859. The Balaban J connectivity index is 1.72. The van der Waals surface area contributed by atoms with Gasteiger partial charge in [-0.25, -0.2) is 0 Å². The van der Waals surface area contributed by atoms with Gasteiger partial charge in [-0.1, -0.05) is 35.7 Å². The highest BCUT2D eigenvalue weighted by molar-refractivity contribution is 6.35. The van der Waals surface area contributed by atoms with E-state index in [9.17, 15) is 14.7 Å². The van der Waals surface area contributed by atoms with Gasteiger partial charge in [0.25, 0.3) is 0 Å². The van der Waals surface area contributed by atoms with Gasteiger partial charge >= 0.3 is 5.97 Å². The van der Waals surface area contributed by atoms with Crippen LogP contribution in [0.15, 0.2) is 18.2 Å². The third-order valence-electron chi connectivity index (χ3n) is 4.22. The number of amides is 1. The maximum Gasteiger partial charge on any atom is 0.310 e. The first kappa shape index (κ1) is 17.1. The zero-order chi connectivity index (χ0) is 16.2. The summed E-state index contributed by atoms with van der Waals surface area (Å²) in [5, 5.41) is 13.2. The van der Waals surface area contributed by atoms with Crippen LogP contribution in [0.1, 0.15) is 37.7 Å². The highest BCUT2D eigenvalue weighted by atomic mass is 35.5. The number of aliphatic carboxylic acids is 1. The van der Waals surface area contributed by atoms with Crippen molar-refractivity contribution in [1.29, 1.82) is 0 Å². The highest BCUT2D eigenvalue weighted by Gasteiger charge is 2.45. The summed E-state index contributed by atoms with van der Waals surface area (Å²) in [6, 6.07) is 5.36. The smallest absolute Gasteiger partial charge is 0.310 e. The Kier molecular flexibility index (Phi) is 5.70. The van der Waals surface area contributed by atoms with Gasteiger partial charge in [0.05, 0.1) is 5.41 Å². The van der Waals surface area contributed by atoms with Gasteiger partial charge in [-0.05, 0) is 43.4 Å². The van der Waals surface area contributed by atoms with Gasteiger partial charge in [0, 0.05) is 23.0 Å². The number of aryl methyl sites for hydroxylation is 1. The van der Waals surface area contributed by atoms with Gasteiger partial charge in [-0.2, -0.15) is 0 Å². The van der Waals surface area contributed by atoms with Crippen LogP contribution in [0.3, 0.4) is 0 Å². The van der Waals surface area contributed by atoms with Crippen LogP contribution in [-0.2, 0) is 16.0 Å². The minimum absolute atomic E-state index is 0.0734. The van der Waals surface area contributed by atoms with Gasteiger partial charge in [0.15, 0.2) is 0 Å². The van der Waals surface area contributed by atoms with Gasteiger partial charge in [-0.15, -0.1) is 0 Å². The Hall–Kier alpha value is -1.26. The molecular formula is C16H19Cl2NO3. The van der Waals surface area contributed by atoms with E-state index in [-0.39, 0.29) is 12.3 Å². The zero-order valence-corrected chi connectivity index (χ0v) is 13.7. The molecule has 0 spiro atoms. The first-order valence-electron chi connectivity index (χ1n) is 7.37. The van der Waals surface area contributed by atoms with Crippen LogP contribution in [0.4, 0.5) is 0 Å². The molecule has 120 valence electrons. The number of hydrogen-bond acceptors (Lipinski definition) is 2. The summed E-state index contributed by atoms with van der Waals surface area (Å²) >= 11 is 11.9. The minimum Gasteiger partial charge on any atom is -0.481 e. The van der Waals surface area contributed by atoms with Crippen molar-refractivity contribution in [3.63, 3.8) is 0 Å². The third kappa shape index (κ3) is 4.14. The quantitative estimate of drug-likeness (QED) is 0.742. The van der Waals surface area contributed by atoms with Gasteiger partial charge in [0.2, 0.25) is 5.91 Å². The second kappa shape index (κ2) is 7.34. The van der Waals surface area contributed by atoms with Crippen LogP contribution < -0.4 is 5.32 Å². The van der Waals surface area contributed by atoms with Crippen molar-refractivity contribution in [3.05, 3.63) is 33.8 Å². The summed E-state index contributed by atoms with van der Waals surface area (Å²) in [4.78, 5) is 23.1. The van der Waals surface area contributed by atoms with Crippen LogP contribution >= 0.6 is 23.2 Å². The van der Waals surface area contributed by atoms with Gasteiger partial charge in [0.1, 0.15) is 0 Å². The van der Waals surface area contributed by atoms with Crippen molar-refractivity contribution in [1.82, 2.24) is 5.32 Å². The number of rotatable bonds is 7. The molecule has 0 atom stereocenters. The van der Waals surface area contributed by atoms with Crippen LogP contribution in [-0.4, -0.2) is 23.5 Å². The number of benzene rings is 1. The van der Waals surface area contributed by atoms with E-state index >= 15 is 0 Å². The number of nitrogens with one attached hydrogen (secondary N) is 1. The molecule has 0 saturated heterocycles. The summed E-state index contributed by atoms with van der Waals surface area (Å²) in [7, 11) is 0. The molecule has 0 heterocycles. The number of hydrogen-bond donors (Lipinski definition) is 2. The van der Waals surface area contributed by atoms with E-state index in [2.05, 4.69) is 5.32 Å². The number of carboxylic acids is 1. The molecule has 2 N–H and O–H groups in total. The largest absolute Gasteiger partial charge is 0.481 e. The molecule has 1 saturated carbocycles. The normalized spacial score (nSPS) is 15.9. The lowest BCUT2D eigenvalue weighted by Crippen LogP contribution is -2.42. The fourth-order valence-corrected chi connectivity index (χ4v) is 3.17. The monoisotopic (exact) mass is 343 g/mol. The number of carbonyl (C=O) groups excluding carboxylic acids is 1. The van der Waals surface area contributed by atoms with Crippen molar-refractivity contribution in [2.24, 2.45) is 5.41 Å². The predicted molar refractivity (Wildman–Crippen MR) is 86.3 cm³/mol. The molecule has 1 aromatic carbocycles. The Labute approximate surface area is 139 Å². The average Bonchev–Trinajstić information content (AvgIpc) is 2.40. The molecule has 1 fully saturated rings. The number of carboxylic acid groups (broad SMARTS) is 1. The molecule has 0 aliphatic heterocycles. The van der Waals surface area contributed by atoms with E-state index in [1.807, 2.05) is 6.07 Å². The van der Waals surface area contributed by atoms with Crippen LogP contribution in [0.25, 0.3) is 0 Å². The Morgan fingerprint density at radius 1 is 1.27 bits per heavy atom. The average molecular weight is 344 g/mol. The first-order chi connectivity index (χ1) is 10.4. The summed E-state index contributed by atoms with van der Waals surface area (Å²) < 4.78 is 0. The molecule has 1 aromatic rings. The fraction of sp³-hybridized carbons (Fsp3) is 0.500. The molecule has 2 rings (SSSR count). The fourth-order valence-electron chi connectivity index (χ4n) is 2.67.